The Balaban J connectivity index is 2.42. The minimum Gasteiger partial charge on any atom is -0.245 e. The van der Waals surface area contributed by atoms with Gasteiger partial charge < -0.3 is 0 Å². The monoisotopic (exact) mass is 262 g/mol. The fraction of sp³-hybridized carbons (Fsp3) is 0.273. The lowest BCUT2D eigenvalue weighted by molar-refractivity contribution is 0.974. The SMILES string of the molecule is Cc1cc(C)c(C#N)c(Sc2nnc(C)s2)n1. The zero-order valence-corrected chi connectivity index (χ0v) is 11.3. The van der Waals surface area contributed by atoms with Crippen molar-refractivity contribution in [2.45, 2.75) is 30.1 Å². The van der Waals surface area contributed by atoms with E-state index in [4.69, 9.17) is 5.26 Å². The largest absolute Gasteiger partial charge is 0.245 e. The molecule has 2 heterocycles. The van der Waals surface area contributed by atoms with E-state index < -0.39 is 0 Å². The summed E-state index contributed by atoms with van der Waals surface area (Å²) in [6.45, 7) is 5.74. The first kappa shape index (κ1) is 12.0. The highest BCUT2D eigenvalue weighted by atomic mass is 32.2. The van der Waals surface area contributed by atoms with Crippen LogP contribution in [0.5, 0.6) is 0 Å². The minimum absolute atomic E-state index is 0.619. The summed E-state index contributed by atoms with van der Waals surface area (Å²) in [7, 11) is 0. The molecule has 0 aliphatic heterocycles. The van der Waals surface area contributed by atoms with E-state index in [9.17, 15) is 0 Å². The first-order valence-electron chi connectivity index (χ1n) is 4.96. The van der Waals surface area contributed by atoms with E-state index in [1.807, 2.05) is 26.8 Å². The van der Waals surface area contributed by atoms with Crippen LogP contribution in [0.25, 0.3) is 0 Å². The van der Waals surface area contributed by atoms with Gasteiger partial charge in [-0.3, -0.25) is 0 Å². The van der Waals surface area contributed by atoms with E-state index in [1.54, 1.807) is 0 Å². The van der Waals surface area contributed by atoms with Gasteiger partial charge in [0, 0.05) is 5.69 Å². The van der Waals surface area contributed by atoms with Gasteiger partial charge in [-0.25, -0.2) is 4.98 Å². The second-order valence-electron chi connectivity index (χ2n) is 3.56. The van der Waals surface area contributed by atoms with Crippen molar-refractivity contribution in [3.63, 3.8) is 0 Å². The fourth-order valence-corrected chi connectivity index (χ4v) is 3.34. The zero-order valence-electron chi connectivity index (χ0n) is 9.68. The molecule has 0 spiro atoms. The van der Waals surface area contributed by atoms with Crippen molar-refractivity contribution < 1.29 is 0 Å². The van der Waals surface area contributed by atoms with Crippen LogP contribution >= 0.6 is 23.1 Å². The molecule has 17 heavy (non-hydrogen) atoms. The molecule has 0 aromatic carbocycles. The van der Waals surface area contributed by atoms with E-state index in [1.165, 1.54) is 23.1 Å². The van der Waals surface area contributed by atoms with Crippen molar-refractivity contribution in [2.75, 3.05) is 0 Å². The first-order valence-corrected chi connectivity index (χ1v) is 6.59. The van der Waals surface area contributed by atoms with E-state index in [-0.39, 0.29) is 0 Å². The molecule has 4 nitrogen and oxygen atoms in total. The lowest BCUT2D eigenvalue weighted by Gasteiger charge is -2.04. The summed E-state index contributed by atoms with van der Waals surface area (Å²) in [5.41, 5.74) is 2.47. The van der Waals surface area contributed by atoms with Crippen molar-refractivity contribution in [3.8, 4) is 6.07 Å². The van der Waals surface area contributed by atoms with Gasteiger partial charge in [-0.05, 0) is 44.2 Å². The van der Waals surface area contributed by atoms with Gasteiger partial charge in [0.05, 0.1) is 5.56 Å². The zero-order chi connectivity index (χ0) is 12.4. The third-order valence-electron chi connectivity index (χ3n) is 2.11. The van der Waals surface area contributed by atoms with Crippen LogP contribution in [-0.4, -0.2) is 15.2 Å². The highest BCUT2D eigenvalue weighted by Crippen LogP contribution is 2.32. The first-order chi connectivity index (χ1) is 8.10. The molecule has 2 rings (SSSR count). The Labute approximate surface area is 108 Å². The van der Waals surface area contributed by atoms with Crippen molar-refractivity contribution in [3.05, 3.63) is 27.9 Å². The molecule has 0 fully saturated rings. The number of hydrogen-bond donors (Lipinski definition) is 0. The summed E-state index contributed by atoms with van der Waals surface area (Å²) in [6, 6.07) is 4.10. The standard InChI is InChI=1S/C11H10N4S2/c1-6-4-7(2)13-10(9(6)5-12)17-11-15-14-8(3)16-11/h4H,1-3H3. The highest BCUT2D eigenvalue weighted by molar-refractivity contribution is 8.01. The predicted octanol–water partition coefficient (Wildman–Crippen LogP) is 2.88. The molecule has 2 aromatic heterocycles. The lowest BCUT2D eigenvalue weighted by Crippen LogP contribution is -1.93. The molecule has 0 aliphatic carbocycles. The molecule has 0 saturated heterocycles. The molecule has 0 saturated carbocycles. The van der Waals surface area contributed by atoms with Gasteiger partial charge in [-0.2, -0.15) is 5.26 Å². The number of hydrogen-bond acceptors (Lipinski definition) is 6. The van der Waals surface area contributed by atoms with Crippen molar-refractivity contribution in [1.29, 1.82) is 5.26 Å². The van der Waals surface area contributed by atoms with E-state index in [0.29, 0.717) is 10.6 Å². The number of aryl methyl sites for hydroxylation is 3. The summed E-state index contributed by atoms with van der Waals surface area (Å²) < 4.78 is 0.816. The van der Waals surface area contributed by atoms with Crippen LogP contribution in [-0.2, 0) is 0 Å². The Morgan fingerprint density at radius 1 is 1.29 bits per heavy atom. The lowest BCUT2D eigenvalue weighted by atomic mass is 10.1. The van der Waals surface area contributed by atoms with Crippen LogP contribution in [0.15, 0.2) is 15.4 Å². The predicted molar refractivity (Wildman–Crippen MR) is 67.2 cm³/mol. The molecule has 0 bridgehead atoms. The highest BCUT2D eigenvalue weighted by Gasteiger charge is 2.12. The summed E-state index contributed by atoms with van der Waals surface area (Å²) >= 11 is 2.90. The molecule has 0 atom stereocenters. The maximum atomic E-state index is 9.14. The van der Waals surface area contributed by atoms with E-state index >= 15 is 0 Å². The molecule has 0 amide bonds. The van der Waals surface area contributed by atoms with Gasteiger partial charge in [-0.1, -0.05) is 11.3 Å². The van der Waals surface area contributed by atoms with Crippen molar-refractivity contribution in [1.82, 2.24) is 15.2 Å². The fourth-order valence-electron chi connectivity index (χ4n) is 1.41. The molecule has 6 heteroatoms. The number of nitrogens with zero attached hydrogens (tertiary/aromatic N) is 4. The summed E-state index contributed by atoms with van der Waals surface area (Å²) in [5, 5.41) is 18.7. The molecule has 0 radical (unpaired) electrons. The third kappa shape index (κ3) is 2.62. The quantitative estimate of drug-likeness (QED) is 0.832. The molecular weight excluding hydrogens is 252 g/mol. The van der Waals surface area contributed by atoms with Crippen molar-refractivity contribution in [2.24, 2.45) is 0 Å². The van der Waals surface area contributed by atoms with Crippen LogP contribution in [0.1, 0.15) is 21.8 Å². The second kappa shape index (κ2) is 4.82. The Morgan fingerprint density at radius 2 is 2.06 bits per heavy atom. The molecule has 0 unspecified atom stereocenters. The maximum absolute atomic E-state index is 9.14. The Morgan fingerprint density at radius 3 is 2.65 bits per heavy atom. The average Bonchev–Trinajstić information content (AvgIpc) is 2.63. The maximum Gasteiger partial charge on any atom is 0.180 e. The molecule has 0 aliphatic rings. The number of aromatic nitrogens is 3. The van der Waals surface area contributed by atoms with E-state index in [2.05, 4.69) is 21.3 Å². The minimum atomic E-state index is 0.619. The van der Waals surface area contributed by atoms with Crippen LogP contribution in [0, 0.1) is 32.1 Å². The van der Waals surface area contributed by atoms with Gasteiger partial charge in [-0.15, -0.1) is 10.2 Å². The number of rotatable bonds is 2. The summed E-state index contributed by atoms with van der Waals surface area (Å²) in [4.78, 5) is 4.39. The van der Waals surface area contributed by atoms with Gasteiger partial charge in [0.25, 0.3) is 0 Å². The van der Waals surface area contributed by atoms with Gasteiger partial charge >= 0.3 is 0 Å². The summed E-state index contributed by atoms with van der Waals surface area (Å²) in [5.74, 6) is 0. The topological polar surface area (TPSA) is 62.5 Å². The molecule has 86 valence electrons. The Bertz CT molecular complexity index is 598. The Hall–Kier alpha value is -1.45. The van der Waals surface area contributed by atoms with Gasteiger partial charge in [0.1, 0.15) is 16.1 Å². The van der Waals surface area contributed by atoms with Gasteiger partial charge in [0.15, 0.2) is 4.34 Å². The average molecular weight is 262 g/mol. The molecular formula is C11H10N4S2. The second-order valence-corrected chi connectivity index (χ2v) is 5.98. The van der Waals surface area contributed by atoms with Crippen molar-refractivity contribution >= 4 is 23.1 Å². The van der Waals surface area contributed by atoms with Crippen LogP contribution < -0.4 is 0 Å². The van der Waals surface area contributed by atoms with E-state index in [0.717, 1.165) is 20.6 Å². The number of pyridine rings is 1. The van der Waals surface area contributed by atoms with Crippen LogP contribution in [0.4, 0.5) is 0 Å². The molecule has 2 aromatic rings. The smallest absolute Gasteiger partial charge is 0.180 e. The number of nitriles is 1. The molecule has 0 N–H and O–H groups in total. The third-order valence-corrected chi connectivity index (χ3v) is 3.99. The van der Waals surface area contributed by atoms with Crippen LogP contribution in [0.3, 0.4) is 0 Å². The Kier molecular flexibility index (Phi) is 3.41. The van der Waals surface area contributed by atoms with Gasteiger partial charge in [0.2, 0.25) is 0 Å². The normalized spacial score (nSPS) is 10.2. The summed E-state index contributed by atoms with van der Waals surface area (Å²) in [6.07, 6.45) is 0. The van der Waals surface area contributed by atoms with Crippen LogP contribution in [0.2, 0.25) is 0 Å².